The van der Waals surface area contributed by atoms with Gasteiger partial charge in [-0.1, -0.05) is 17.6 Å². The summed E-state index contributed by atoms with van der Waals surface area (Å²) in [5.41, 5.74) is 3.85. The summed E-state index contributed by atoms with van der Waals surface area (Å²) < 4.78 is 0. The first-order chi connectivity index (χ1) is 5.45. The van der Waals surface area contributed by atoms with Gasteiger partial charge in [0, 0.05) is 0 Å². The van der Waals surface area contributed by atoms with Gasteiger partial charge in [-0.3, -0.25) is 0 Å². The van der Waals surface area contributed by atoms with E-state index in [-0.39, 0.29) is 0 Å². The molecule has 0 spiro atoms. The van der Waals surface area contributed by atoms with E-state index in [1.807, 2.05) is 11.1 Å². The Morgan fingerprint density at radius 3 is 2.64 bits per heavy atom. The first-order valence-electron chi connectivity index (χ1n) is 5.17. The van der Waals surface area contributed by atoms with Crippen LogP contribution in [0, 0.1) is 11.8 Å². The lowest BCUT2D eigenvalue weighted by Gasteiger charge is -2.21. The maximum Gasteiger partial charge on any atom is -0.0192 e. The van der Waals surface area contributed by atoms with Gasteiger partial charge in [0.25, 0.3) is 0 Å². The summed E-state index contributed by atoms with van der Waals surface area (Å²) in [6.07, 6.45) is 10.5. The molecule has 2 unspecified atom stereocenters. The SMILES string of the molecule is C1CCC2CC3CCC2=C3C1. The fraction of sp³-hybridized carbons (Fsp3) is 0.818. The van der Waals surface area contributed by atoms with E-state index in [1.165, 1.54) is 38.5 Å². The predicted molar refractivity (Wildman–Crippen MR) is 46.3 cm³/mol. The minimum Gasteiger partial charge on any atom is -0.0676 e. The van der Waals surface area contributed by atoms with Gasteiger partial charge in [0.05, 0.1) is 0 Å². The zero-order chi connectivity index (χ0) is 7.26. The lowest BCUT2D eigenvalue weighted by atomic mass is 9.84. The molecule has 60 valence electrons. The van der Waals surface area contributed by atoms with Crippen LogP contribution in [-0.2, 0) is 0 Å². The smallest absolute Gasteiger partial charge is 0.0192 e. The molecule has 0 amide bonds. The average molecular weight is 148 g/mol. The minimum atomic E-state index is 1.06. The molecule has 0 heterocycles. The van der Waals surface area contributed by atoms with Crippen molar-refractivity contribution in [3.63, 3.8) is 0 Å². The molecule has 4 bridgehead atoms. The van der Waals surface area contributed by atoms with Crippen LogP contribution in [0.3, 0.4) is 0 Å². The molecule has 0 radical (unpaired) electrons. The second kappa shape index (κ2) is 2.12. The van der Waals surface area contributed by atoms with Gasteiger partial charge in [-0.05, 0) is 50.4 Å². The summed E-state index contributed by atoms with van der Waals surface area (Å²) >= 11 is 0. The van der Waals surface area contributed by atoms with Gasteiger partial charge in [0.15, 0.2) is 0 Å². The van der Waals surface area contributed by atoms with Crippen molar-refractivity contribution in [2.24, 2.45) is 11.8 Å². The molecule has 0 heteroatoms. The van der Waals surface area contributed by atoms with Gasteiger partial charge >= 0.3 is 0 Å². The summed E-state index contributed by atoms with van der Waals surface area (Å²) in [6.45, 7) is 0. The zero-order valence-corrected chi connectivity index (χ0v) is 7.10. The minimum absolute atomic E-state index is 1.06. The molecule has 0 saturated carbocycles. The second-order valence-corrected chi connectivity index (χ2v) is 4.46. The molecule has 3 aliphatic rings. The quantitative estimate of drug-likeness (QED) is 0.462. The lowest BCUT2D eigenvalue weighted by Crippen LogP contribution is -2.08. The Morgan fingerprint density at radius 1 is 0.818 bits per heavy atom. The van der Waals surface area contributed by atoms with E-state index in [1.54, 1.807) is 6.42 Å². The van der Waals surface area contributed by atoms with E-state index in [2.05, 4.69) is 0 Å². The van der Waals surface area contributed by atoms with Crippen molar-refractivity contribution < 1.29 is 0 Å². The van der Waals surface area contributed by atoms with Crippen molar-refractivity contribution >= 4 is 0 Å². The van der Waals surface area contributed by atoms with Crippen LogP contribution in [0.4, 0.5) is 0 Å². The summed E-state index contributed by atoms with van der Waals surface area (Å²) in [6, 6.07) is 0. The molecular formula is C11H16. The summed E-state index contributed by atoms with van der Waals surface area (Å²) in [5.74, 6) is 2.13. The van der Waals surface area contributed by atoms with Gasteiger partial charge in [-0.15, -0.1) is 0 Å². The van der Waals surface area contributed by atoms with Crippen molar-refractivity contribution in [3.8, 4) is 0 Å². The van der Waals surface area contributed by atoms with Crippen LogP contribution in [0.1, 0.15) is 44.9 Å². The summed E-state index contributed by atoms with van der Waals surface area (Å²) in [7, 11) is 0. The third-order valence-corrected chi connectivity index (χ3v) is 3.98. The largest absolute Gasteiger partial charge is 0.0676 e. The molecule has 0 fully saturated rings. The predicted octanol–water partition coefficient (Wildman–Crippen LogP) is 3.29. The fourth-order valence-electron chi connectivity index (χ4n) is 3.50. The number of hydrogen-bond donors (Lipinski definition) is 0. The second-order valence-electron chi connectivity index (χ2n) is 4.46. The van der Waals surface area contributed by atoms with Crippen LogP contribution in [0.5, 0.6) is 0 Å². The Bertz CT molecular complexity index is 212. The van der Waals surface area contributed by atoms with Crippen molar-refractivity contribution in [1.82, 2.24) is 0 Å². The van der Waals surface area contributed by atoms with Crippen LogP contribution in [0.15, 0.2) is 11.1 Å². The molecule has 11 heavy (non-hydrogen) atoms. The summed E-state index contributed by atoms with van der Waals surface area (Å²) in [4.78, 5) is 0. The molecule has 0 N–H and O–H groups in total. The van der Waals surface area contributed by atoms with Crippen molar-refractivity contribution in [2.45, 2.75) is 44.9 Å². The van der Waals surface area contributed by atoms with Gasteiger partial charge in [0.1, 0.15) is 0 Å². The monoisotopic (exact) mass is 148 g/mol. The zero-order valence-electron chi connectivity index (χ0n) is 7.10. The third kappa shape index (κ3) is 0.758. The number of allylic oxidation sites excluding steroid dienone is 2. The van der Waals surface area contributed by atoms with E-state index >= 15 is 0 Å². The molecule has 0 saturated heterocycles. The van der Waals surface area contributed by atoms with E-state index < -0.39 is 0 Å². The maximum absolute atomic E-state index is 1.92. The lowest BCUT2D eigenvalue weighted by molar-refractivity contribution is 0.384. The maximum atomic E-state index is 1.92. The topological polar surface area (TPSA) is 0 Å². The van der Waals surface area contributed by atoms with Crippen LogP contribution in [0.25, 0.3) is 0 Å². The normalized spacial score (nSPS) is 41.5. The van der Waals surface area contributed by atoms with Gasteiger partial charge < -0.3 is 0 Å². The first-order valence-corrected chi connectivity index (χ1v) is 5.17. The highest BCUT2D eigenvalue weighted by atomic mass is 14.4. The molecule has 0 aromatic heterocycles. The fourth-order valence-corrected chi connectivity index (χ4v) is 3.50. The number of rotatable bonds is 0. The molecular weight excluding hydrogens is 132 g/mol. The Hall–Kier alpha value is -0.260. The van der Waals surface area contributed by atoms with Crippen LogP contribution < -0.4 is 0 Å². The molecule has 2 atom stereocenters. The highest BCUT2D eigenvalue weighted by Crippen LogP contribution is 2.53. The number of hydrogen-bond acceptors (Lipinski definition) is 0. The molecule has 0 aliphatic heterocycles. The Kier molecular flexibility index (Phi) is 1.21. The molecule has 0 aromatic rings. The van der Waals surface area contributed by atoms with Gasteiger partial charge in [-0.25, -0.2) is 0 Å². The van der Waals surface area contributed by atoms with Gasteiger partial charge in [-0.2, -0.15) is 0 Å². The third-order valence-electron chi connectivity index (χ3n) is 3.98. The van der Waals surface area contributed by atoms with Crippen LogP contribution in [0.2, 0.25) is 0 Å². The van der Waals surface area contributed by atoms with Crippen molar-refractivity contribution in [1.29, 1.82) is 0 Å². The highest BCUT2D eigenvalue weighted by Gasteiger charge is 2.38. The molecule has 3 rings (SSSR count). The van der Waals surface area contributed by atoms with Crippen LogP contribution in [-0.4, -0.2) is 0 Å². The highest BCUT2D eigenvalue weighted by molar-refractivity contribution is 5.31. The van der Waals surface area contributed by atoms with E-state index in [0.717, 1.165) is 11.8 Å². The van der Waals surface area contributed by atoms with E-state index in [9.17, 15) is 0 Å². The Balaban J connectivity index is 1.99. The first kappa shape index (κ1) is 6.28. The van der Waals surface area contributed by atoms with Gasteiger partial charge in [0.2, 0.25) is 0 Å². The molecule has 0 aromatic carbocycles. The summed E-state index contributed by atoms with van der Waals surface area (Å²) in [5, 5.41) is 0. The van der Waals surface area contributed by atoms with Crippen molar-refractivity contribution in [2.75, 3.05) is 0 Å². The molecule has 0 nitrogen and oxygen atoms in total. The Morgan fingerprint density at radius 2 is 1.64 bits per heavy atom. The van der Waals surface area contributed by atoms with Crippen LogP contribution >= 0.6 is 0 Å². The standard InChI is InChI=1S/C11H16/c1-2-4-10-9-5-6-11(10)8(3-1)7-9/h8-9H,1-7H2. The average Bonchev–Trinajstić information content (AvgIpc) is 2.42. The molecule has 3 aliphatic carbocycles. The Labute approximate surface area is 68.7 Å². The van der Waals surface area contributed by atoms with E-state index in [4.69, 9.17) is 0 Å². The van der Waals surface area contributed by atoms with E-state index in [0.29, 0.717) is 0 Å². The van der Waals surface area contributed by atoms with Crippen molar-refractivity contribution in [3.05, 3.63) is 11.1 Å².